The number of nitrogens with zero attached hydrogens (tertiary/aromatic N) is 3. The second kappa shape index (κ2) is 12.0. The van der Waals surface area contributed by atoms with Crippen LogP contribution in [0.1, 0.15) is 25.0 Å². The molecule has 55 heavy (non-hydrogen) atoms. The van der Waals surface area contributed by atoms with E-state index in [9.17, 15) is 0 Å². The van der Waals surface area contributed by atoms with E-state index in [0.717, 1.165) is 72.0 Å². The summed E-state index contributed by atoms with van der Waals surface area (Å²) in [6.45, 7) is 4.64. The van der Waals surface area contributed by atoms with E-state index in [-0.39, 0.29) is 5.41 Å². The van der Waals surface area contributed by atoms with E-state index in [1.807, 2.05) is 12.1 Å². The lowest BCUT2D eigenvalue weighted by atomic mass is 9.82. The zero-order chi connectivity index (χ0) is 36.7. The molecule has 0 atom stereocenters. The molecule has 0 N–H and O–H groups in total. The number of benzene rings is 8. The summed E-state index contributed by atoms with van der Waals surface area (Å²) < 4.78 is 6.89. The number of aromatic nitrogens is 2. The van der Waals surface area contributed by atoms with Gasteiger partial charge in [0.1, 0.15) is 11.2 Å². The predicted molar refractivity (Wildman–Crippen MR) is 227 cm³/mol. The van der Waals surface area contributed by atoms with Gasteiger partial charge in [-0.2, -0.15) is 0 Å². The van der Waals surface area contributed by atoms with E-state index in [1.165, 1.54) is 27.6 Å². The summed E-state index contributed by atoms with van der Waals surface area (Å²) in [5, 5.41) is 5.42. The lowest BCUT2D eigenvalue weighted by molar-refractivity contribution is 0.660. The van der Waals surface area contributed by atoms with Crippen LogP contribution in [0.4, 0.5) is 17.3 Å². The molecular weight excluding hydrogens is 671 g/mol. The van der Waals surface area contributed by atoms with Gasteiger partial charge in [-0.3, -0.25) is 4.90 Å². The van der Waals surface area contributed by atoms with Gasteiger partial charge in [-0.05, 0) is 98.8 Å². The maximum Gasteiger partial charge on any atom is 0.235 e. The highest BCUT2D eigenvalue weighted by atomic mass is 16.3. The van der Waals surface area contributed by atoms with Crippen LogP contribution in [0.3, 0.4) is 0 Å². The summed E-state index contributed by atoms with van der Waals surface area (Å²) in [5.74, 6) is 0.591. The summed E-state index contributed by atoms with van der Waals surface area (Å²) in [7, 11) is 0. The van der Waals surface area contributed by atoms with Crippen LogP contribution in [0, 0.1) is 0 Å². The quantitative estimate of drug-likeness (QED) is 0.179. The van der Waals surface area contributed by atoms with Crippen LogP contribution in [-0.4, -0.2) is 9.97 Å². The third-order valence-corrected chi connectivity index (χ3v) is 11.4. The molecule has 260 valence electrons. The Hall–Kier alpha value is -7.04. The average molecular weight is 706 g/mol. The number of anilines is 3. The molecule has 8 aromatic carbocycles. The van der Waals surface area contributed by atoms with Crippen LogP contribution in [0.25, 0.3) is 77.1 Å². The first-order valence-electron chi connectivity index (χ1n) is 18.8. The van der Waals surface area contributed by atoms with E-state index in [0.29, 0.717) is 5.95 Å². The molecule has 0 aliphatic heterocycles. The Kier molecular flexibility index (Phi) is 6.86. The summed E-state index contributed by atoms with van der Waals surface area (Å²) in [6.07, 6.45) is 0. The number of rotatable bonds is 5. The molecular formula is C51H35N3O. The molecule has 2 heterocycles. The van der Waals surface area contributed by atoms with Crippen LogP contribution in [-0.2, 0) is 5.41 Å². The summed E-state index contributed by atoms with van der Waals surface area (Å²) in [4.78, 5) is 13.1. The fraction of sp³-hybridized carbons (Fsp3) is 0.0588. The maximum atomic E-state index is 6.89. The van der Waals surface area contributed by atoms with Crippen LogP contribution in [0.5, 0.6) is 0 Å². The highest BCUT2D eigenvalue weighted by Crippen LogP contribution is 2.51. The van der Waals surface area contributed by atoms with Crippen LogP contribution in [0.2, 0.25) is 0 Å². The molecule has 0 bridgehead atoms. The van der Waals surface area contributed by atoms with Gasteiger partial charge in [0.05, 0.1) is 11.2 Å². The largest absolute Gasteiger partial charge is 0.455 e. The topological polar surface area (TPSA) is 42.2 Å². The highest BCUT2D eigenvalue weighted by Gasteiger charge is 2.36. The number of para-hydroxylation sites is 2. The molecule has 0 saturated heterocycles. The van der Waals surface area contributed by atoms with Crippen molar-refractivity contribution in [1.29, 1.82) is 0 Å². The van der Waals surface area contributed by atoms with Gasteiger partial charge >= 0.3 is 0 Å². The first-order chi connectivity index (χ1) is 27.0. The standard InChI is InChI=1S/C51H35N3O/c1-51(2)44-23-13-11-21-38(44)39-26-25-37(31-45(39)51)54(36-19-7-4-8-20-36)50-52-46-24-14-12-22-40(46)48(53-50)43-29-35(32-15-5-3-6-16-32)28-42-41-27-33-17-9-10-18-34(33)30-47(41)55-49(42)43/h3-31H,1-2H3. The van der Waals surface area contributed by atoms with E-state index >= 15 is 0 Å². The van der Waals surface area contributed by atoms with Crippen molar-refractivity contribution < 1.29 is 4.42 Å². The Labute approximate surface area is 319 Å². The number of furan rings is 1. The third kappa shape index (κ3) is 4.92. The number of fused-ring (bicyclic) bond motifs is 8. The Morgan fingerprint density at radius 3 is 2.00 bits per heavy atom. The average Bonchev–Trinajstić information content (AvgIpc) is 3.70. The summed E-state index contributed by atoms with van der Waals surface area (Å²) in [5.41, 5.74) is 13.5. The van der Waals surface area contributed by atoms with Gasteiger partial charge in [-0.15, -0.1) is 0 Å². The second-order valence-electron chi connectivity index (χ2n) is 15.0. The molecule has 2 aromatic heterocycles. The van der Waals surface area contributed by atoms with Crippen molar-refractivity contribution in [2.45, 2.75) is 19.3 Å². The Balaban J connectivity index is 1.19. The lowest BCUT2D eigenvalue weighted by Crippen LogP contribution is -2.17. The fourth-order valence-corrected chi connectivity index (χ4v) is 8.69. The fourth-order valence-electron chi connectivity index (χ4n) is 8.69. The van der Waals surface area contributed by atoms with Gasteiger partial charge in [-0.1, -0.05) is 135 Å². The van der Waals surface area contributed by atoms with Crippen LogP contribution in [0.15, 0.2) is 180 Å². The zero-order valence-corrected chi connectivity index (χ0v) is 30.5. The van der Waals surface area contributed by atoms with Crippen molar-refractivity contribution in [3.63, 3.8) is 0 Å². The second-order valence-corrected chi connectivity index (χ2v) is 15.0. The Morgan fingerprint density at radius 1 is 0.473 bits per heavy atom. The van der Waals surface area contributed by atoms with Crippen molar-refractivity contribution in [3.05, 3.63) is 187 Å². The van der Waals surface area contributed by atoms with E-state index < -0.39 is 0 Å². The van der Waals surface area contributed by atoms with Crippen LogP contribution >= 0.6 is 0 Å². The minimum Gasteiger partial charge on any atom is -0.455 e. The van der Waals surface area contributed by atoms with Crippen LogP contribution < -0.4 is 4.90 Å². The smallest absolute Gasteiger partial charge is 0.235 e. The molecule has 0 spiro atoms. The summed E-state index contributed by atoms with van der Waals surface area (Å²) in [6, 6.07) is 62.3. The molecule has 0 radical (unpaired) electrons. The molecule has 11 rings (SSSR count). The molecule has 4 nitrogen and oxygen atoms in total. The molecule has 0 amide bonds. The van der Waals surface area contributed by atoms with Gasteiger partial charge in [0.25, 0.3) is 0 Å². The van der Waals surface area contributed by atoms with Crippen molar-refractivity contribution >= 4 is 60.9 Å². The minimum absolute atomic E-state index is 0.157. The van der Waals surface area contributed by atoms with E-state index in [4.69, 9.17) is 14.4 Å². The van der Waals surface area contributed by atoms with Gasteiger partial charge in [0, 0.05) is 38.5 Å². The molecule has 0 fully saturated rings. The number of hydrogen-bond donors (Lipinski definition) is 0. The Morgan fingerprint density at radius 2 is 1.16 bits per heavy atom. The van der Waals surface area contributed by atoms with Crippen molar-refractivity contribution in [1.82, 2.24) is 9.97 Å². The van der Waals surface area contributed by atoms with E-state index in [2.05, 4.69) is 183 Å². The minimum atomic E-state index is -0.157. The first kappa shape index (κ1) is 31.5. The predicted octanol–water partition coefficient (Wildman–Crippen LogP) is 13.8. The van der Waals surface area contributed by atoms with Gasteiger partial charge in [0.15, 0.2) is 0 Å². The lowest BCUT2D eigenvalue weighted by Gasteiger charge is -2.27. The normalized spacial score (nSPS) is 13.1. The monoisotopic (exact) mass is 705 g/mol. The molecule has 0 saturated carbocycles. The van der Waals surface area contributed by atoms with Crippen molar-refractivity contribution in [2.24, 2.45) is 0 Å². The van der Waals surface area contributed by atoms with Gasteiger partial charge in [-0.25, -0.2) is 9.97 Å². The van der Waals surface area contributed by atoms with Gasteiger partial charge in [0.2, 0.25) is 5.95 Å². The van der Waals surface area contributed by atoms with Crippen molar-refractivity contribution in [2.75, 3.05) is 4.90 Å². The zero-order valence-electron chi connectivity index (χ0n) is 30.5. The Bertz CT molecular complexity index is 3130. The molecule has 1 aliphatic carbocycles. The number of hydrogen-bond acceptors (Lipinski definition) is 4. The SMILES string of the molecule is CC1(C)c2ccccc2-c2ccc(N(c3ccccc3)c3nc(-c4cc(-c5ccccc5)cc5c4oc4cc6ccccc6cc45)c4ccccc4n3)cc21. The highest BCUT2D eigenvalue weighted by molar-refractivity contribution is 6.15. The first-order valence-corrected chi connectivity index (χ1v) is 18.8. The van der Waals surface area contributed by atoms with Gasteiger partial charge < -0.3 is 4.42 Å². The molecule has 4 heteroatoms. The molecule has 10 aromatic rings. The molecule has 1 aliphatic rings. The third-order valence-electron chi connectivity index (χ3n) is 11.4. The van der Waals surface area contributed by atoms with Crippen molar-refractivity contribution in [3.8, 4) is 33.5 Å². The summed E-state index contributed by atoms with van der Waals surface area (Å²) >= 11 is 0. The maximum absolute atomic E-state index is 6.89. The molecule has 0 unspecified atom stereocenters. The van der Waals surface area contributed by atoms with E-state index in [1.54, 1.807) is 0 Å².